The Bertz CT molecular complexity index is 3220. The van der Waals surface area contributed by atoms with Crippen LogP contribution in [0.1, 0.15) is 25.0 Å². The summed E-state index contributed by atoms with van der Waals surface area (Å²) in [6, 6.07) is 74.2. The first-order valence-electron chi connectivity index (χ1n) is 20.4. The molecule has 2 nitrogen and oxygen atoms in total. The van der Waals surface area contributed by atoms with Crippen LogP contribution in [0.2, 0.25) is 0 Å². The van der Waals surface area contributed by atoms with Gasteiger partial charge in [-0.15, -0.1) is 0 Å². The first-order valence-corrected chi connectivity index (χ1v) is 20.4. The van der Waals surface area contributed by atoms with Crippen molar-refractivity contribution in [1.29, 1.82) is 0 Å². The lowest BCUT2D eigenvalue weighted by Gasteiger charge is -2.21. The maximum absolute atomic E-state index is 5.34. The van der Waals surface area contributed by atoms with Crippen molar-refractivity contribution >= 4 is 21.5 Å². The Morgan fingerprint density at radius 2 is 0.864 bits per heavy atom. The number of hydrogen-bond acceptors (Lipinski definition) is 2. The standard InChI is InChI=1S/C57H40N2/c1-57(2)51-33-30-42(35-50(51)55-45-21-10-9-17-39(45)29-34-52(55)57)37-25-27-40(28-26-37)44-31-32-49(47-23-13-12-22-46(44)47)56-58-53(41-18-7-4-8-19-41)36-54(59-56)48-24-14-11-20-43(48)38-15-5-3-6-16-38/h3-36H,1-2H3. The number of fused-ring (bicyclic) bond motifs is 6. The quantitative estimate of drug-likeness (QED) is 0.169. The first-order chi connectivity index (χ1) is 29.0. The van der Waals surface area contributed by atoms with E-state index < -0.39 is 0 Å². The van der Waals surface area contributed by atoms with Crippen LogP contribution in [-0.2, 0) is 5.41 Å². The van der Waals surface area contributed by atoms with Gasteiger partial charge in [0.1, 0.15) is 0 Å². The van der Waals surface area contributed by atoms with Crippen molar-refractivity contribution in [1.82, 2.24) is 9.97 Å². The number of nitrogens with zero attached hydrogens (tertiary/aromatic N) is 2. The van der Waals surface area contributed by atoms with Gasteiger partial charge >= 0.3 is 0 Å². The molecule has 10 aromatic rings. The van der Waals surface area contributed by atoms with Gasteiger partial charge in [0.25, 0.3) is 0 Å². The van der Waals surface area contributed by atoms with Gasteiger partial charge in [0, 0.05) is 22.1 Å². The zero-order chi connectivity index (χ0) is 39.5. The van der Waals surface area contributed by atoms with Gasteiger partial charge in [0.2, 0.25) is 0 Å². The van der Waals surface area contributed by atoms with Crippen LogP contribution >= 0.6 is 0 Å². The fourth-order valence-corrected chi connectivity index (χ4v) is 9.33. The molecule has 1 aliphatic carbocycles. The summed E-state index contributed by atoms with van der Waals surface area (Å²) in [7, 11) is 0. The third kappa shape index (κ3) is 5.87. The number of benzene rings is 9. The van der Waals surface area contributed by atoms with E-state index in [1.807, 2.05) is 6.07 Å². The second kappa shape index (κ2) is 13.9. The minimum atomic E-state index is -0.0492. The van der Waals surface area contributed by atoms with Crippen LogP contribution in [0.3, 0.4) is 0 Å². The van der Waals surface area contributed by atoms with Crippen molar-refractivity contribution in [2.45, 2.75) is 19.3 Å². The van der Waals surface area contributed by atoms with E-state index >= 15 is 0 Å². The summed E-state index contributed by atoms with van der Waals surface area (Å²) in [6.07, 6.45) is 0. The molecule has 0 radical (unpaired) electrons. The van der Waals surface area contributed by atoms with E-state index in [9.17, 15) is 0 Å². The molecule has 0 bridgehead atoms. The van der Waals surface area contributed by atoms with Crippen molar-refractivity contribution in [3.63, 3.8) is 0 Å². The minimum Gasteiger partial charge on any atom is -0.228 e. The lowest BCUT2D eigenvalue weighted by Crippen LogP contribution is -2.14. The van der Waals surface area contributed by atoms with Crippen molar-refractivity contribution in [2.24, 2.45) is 0 Å². The van der Waals surface area contributed by atoms with E-state index in [0.717, 1.165) is 44.6 Å². The smallest absolute Gasteiger partial charge is 0.161 e. The van der Waals surface area contributed by atoms with Gasteiger partial charge in [0.15, 0.2) is 5.82 Å². The van der Waals surface area contributed by atoms with Crippen molar-refractivity contribution in [3.05, 3.63) is 217 Å². The average molecular weight is 753 g/mol. The third-order valence-corrected chi connectivity index (χ3v) is 12.3. The zero-order valence-electron chi connectivity index (χ0n) is 33.0. The molecule has 0 saturated heterocycles. The van der Waals surface area contributed by atoms with E-state index in [2.05, 4.69) is 214 Å². The Morgan fingerprint density at radius 3 is 1.63 bits per heavy atom. The molecule has 0 atom stereocenters. The highest BCUT2D eigenvalue weighted by Crippen LogP contribution is 2.52. The molecule has 1 heterocycles. The second-order valence-corrected chi connectivity index (χ2v) is 16.1. The monoisotopic (exact) mass is 752 g/mol. The summed E-state index contributed by atoms with van der Waals surface area (Å²) in [6.45, 7) is 4.71. The van der Waals surface area contributed by atoms with E-state index in [-0.39, 0.29) is 5.41 Å². The molecule has 0 aliphatic heterocycles. The Balaban J connectivity index is 0.999. The maximum atomic E-state index is 5.34. The number of aromatic nitrogens is 2. The molecule has 0 unspecified atom stereocenters. The van der Waals surface area contributed by atoms with Crippen molar-refractivity contribution in [3.8, 4) is 78.4 Å². The predicted octanol–water partition coefficient (Wildman–Crippen LogP) is 15.1. The molecule has 0 amide bonds. The molecule has 9 aromatic carbocycles. The first kappa shape index (κ1) is 34.8. The van der Waals surface area contributed by atoms with Gasteiger partial charge in [-0.05, 0) is 95.4 Å². The van der Waals surface area contributed by atoms with Crippen LogP contribution in [0.15, 0.2) is 206 Å². The van der Waals surface area contributed by atoms with E-state index in [4.69, 9.17) is 9.97 Å². The van der Waals surface area contributed by atoms with Crippen LogP contribution in [0.5, 0.6) is 0 Å². The SMILES string of the molecule is CC1(C)c2ccc(-c3ccc(-c4ccc(-c5nc(-c6ccccc6)cc(-c6ccccc6-c6ccccc6)n5)c5ccccc45)cc3)cc2-c2c1ccc1ccccc21. The highest BCUT2D eigenvalue weighted by Gasteiger charge is 2.36. The molecule has 0 saturated carbocycles. The van der Waals surface area contributed by atoms with Crippen LogP contribution in [0.4, 0.5) is 0 Å². The second-order valence-electron chi connectivity index (χ2n) is 16.1. The van der Waals surface area contributed by atoms with Crippen molar-refractivity contribution < 1.29 is 0 Å². The summed E-state index contributed by atoms with van der Waals surface area (Å²) < 4.78 is 0. The van der Waals surface area contributed by atoms with Crippen LogP contribution in [0.25, 0.3) is 100.0 Å². The normalized spacial score (nSPS) is 12.7. The van der Waals surface area contributed by atoms with Crippen LogP contribution in [0, 0.1) is 0 Å². The molecule has 2 heteroatoms. The van der Waals surface area contributed by atoms with Gasteiger partial charge in [-0.1, -0.05) is 202 Å². The molecular formula is C57H40N2. The van der Waals surface area contributed by atoms with E-state index in [0.29, 0.717) is 5.82 Å². The van der Waals surface area contributed by atoms with E-state index in [1.54, 1.807) is 0 Å². The lowest BCUT2D eigenvalue weighted by atomic mass is 9.82. The summed E-state index contributed by atoms with van der Waals surface area (Å²) >= 11 is 0. The fraction of sp³-hybridized carbons (Fsp3) is 0.0526. The molecule has 1 aromatic heterocycles. The molecule has 0 spiro atoms. The van der Waals surface area contributed by atoms with Crippen LogP contribution in [-0.4, -0.2) is 9.97 Å². The molecule has 0 fully saturated rings. The highest BCUT2D eigenvalue weighted by atomic mass is 14.9. The maximum Gasteiger partial charge on any atom is 0.161 e. The lowest BCUT2D eigenvalue weighted by molar-refractivity contribution is 0.661. The summed E-state index contributed by atoms with van der Waals surface area (Å²) in [5.41, 5.74) is 17.5. The molecule has 11 rings (SSSR count). The summed E-state index contributed by atoms with van der Waals surface area (Å²) in [5, 5.41) is 4.90. The molecule has 1 aliphatic rings. The Kier molecular flexibility index (Phi) is 8.20. The molecule has 59 heavy (non-hydrogen) atoms. The fourth-order valence-electron chi connectivity index (χ4n) is 9.33. The number of hydrogen-bond donors (Lipinski definition) is 0. The predicted molar refractivity (Wildman–Crippen MR) is 247 cm³/mol. The minimum absolute atomic E-state index is 0.0492. The topological polar surface area (TPSA) is 25.8 Å². The average Bonchev–Trinajstić information content (AvgIpc) is 3.54. The van der Waals surface area contributed by atoms with Crippen molar-refractivity contribution in [2.75, 3.05) is 0 Å². The Labute approximate surface area is 345 Å². The molecule has 0 N–H and O–H groups in total. The summed E-state index contributed by atoms with van der Waals surface area (Å²) in [4.78, 5) is 10.6. The van der Waals surface area contributed by atoms with E-state index in [1.165, 1.54) is 60.7 Å². The summed E-state index contributed by atoms with van der Waals surface area (Å²) in [5.74, 6) is 0.705. The van der Waals surface area contributed by atoms with Gasteiger partial charge in [0.05, 0.1) is 11.4 Å². The van der Waals surface area contributed by atoms with Crippen LogP contribution < -0.4 is 0 Å². The Morgan fingerprint density at radius 1 is 0.322 bits per heavy atom. The zero-order valence-corrected chi connectivity index (χ0v) is 33.0. The highest BCUT2D eigenvalue weighted by molar-refractivity contribution is 6.05. The molecular weight excluding hydrogens is 713 g/mol. The third-order valence-electron chi connectivity index (χ3n) is 12.3. The Hall–Kier alpha value is -7.42. The van der Waals surface area contributed by atoms with Gasteiger partial charge < -0.3 is 0 Å². The largest absolute Gasteiger partial charge is 0.228 e. The van der Waals surface area contributed by atoms with Gasteiger partial charge in [-0.3, -0.25) is 0 Å². The molecule has 278 valence electrons. The number of rotatable bonds is 6. The van der Waals surface area contributed by atoms with Gasteiger partial charge in [-0.25, -0.2) is 9.97 Å². The van der Waals surface area contributed by atoms with Gasteiger partial charge in [-0.2, -0.15) is 0 Å².